The SMILES string of the molecule is CC(C)(C)c1nn(-c2ccccc2C(F)(F)F)c2c1CCN2. The fourth-order valence-corrected chi connectivity index (χ4v) is 2.85. The molecule has 0 amide bonds. The van der Waals surface area contributed by atoms with E-state index in [0.717, 1.165) is 30.3 Å². The smallest absolute Gasteiger partial charge is 0.369 e. The lowest BCUT2D eigenvalue weighted by Gasteiger charge is -2.17. The highest BCUT2D eigenvalue weighted by Gasteiger charge is 2.36. The van der Waals surface area contributed by atoms with Gasteiger partial charge < -0.3 is 5.32 Å². The summed E-state index contributed by atoms with van der Waals surface area (Å²) in [6, 6.07) is 5.55. The van der Waals surface area contributed by atoms with Gasteiger partial charge in [-0.15, -0.1) is 0 Å². The van der Waals surface area contributed by atoms with Gasteiger partial charge in [0.1, 0.15) is 5.82 Å². The van der Waals surface area contributed by atoms with Crippen LogP contribution in [0.25, 0.3) is 5.69 Å². The first-order chi connectivity index (χ1) is 10.2. The molecule has 2 heterocycles. The highest BCUT2D eigenvalue weighted by atomic mass is 19.4. The van der Waals surface area contributed by atoms with Gasteiger partial charge in [-0.2, -0.15) is 18.3 Å². The van der Waals surface area contributed by atoms with Crippen molar-refractivity contribution in [3.63, 3.8) is 0 Å². The number of para-hydroxylation sites is 1. The van der Waals surface area contributed by atoms with Crippen molar-refractivity contribution in [1.82, 2.24) is 9.78 Å². The molecule has 2 aromatic rings. The molecule has 22 heavy (non-hydrogen) atoms. The first kappa shape index (κ1) is 14.9. The number of nitrogens with zero attached hydrogens (tertiary/aromatic N) is 2. The van der Waals surface area contributed by atoms with Crippen molar-refractivity contribution in [3.05, 3.63) is 41.1 Å². The first-order valence-corrected chi connectivity index (χ1v) is 7.22. The Kier molecular flexibility index (Phi) is 3.23. The van der Waals surface area contributed by atoms with Gasteiger partial charge in [0.25, 0.3) is 0 Å². The van der Waals surface area contributed by atoms with E-state index in [4.69, 9.17) is 0 Å². The van der Waals surface area contributed by atoms with Crippen LogP contribution in [-0.2, 0) is 18.0 Å². The lowest BCUT2D eigenvalue weighted by Crippen LogP contribution is -2.17. The van der Waals surface area contributed by atoms with Crippen molar-refractivity contribution >= 4 is 5.82 Å². The standard InChI is InChI=1S/C16H18F3N3/c1-15(2,3)13-10-8-9-20-14(10)22(21-13)12-7-5-4-6-11(12)16(17,18)19/h4-7,20H,8-9H2,1-3H3. The number of aromatic nitrogens is 2. The maximum absolute atomic E-state index is 13.3. The van der Waals surface area contributed by atoms with Gasteiger partial charge in [0.15, 0.2) is 0 Å². The summed E-state index contributed by atoms with van der Waals surface area (Å²) < 4.78 is 41.2. The molecule has 118 valence electrons. The molecule has 3 rings (SSSR count). The van der Waals surface area contributed by atoms with Gasteiger partial charge in [0.05, 0.1) is 16.9 Å². The summed E-state index contributed by atoms with van der Waals surface area (Å²) in [5.74, 6) is 0.682. The molecule has 1 N–H and O–H groups in total. The zero-order chi connectivity index (χ0) is 16.1. The fraction of sp³-hybridized carbons (Fsp3) is 0.438. The molecule has 0 saturated carbocycles. The molecular weight excluding hydrogens is 291 g/mol. The van der Waals surface area contributed by atoms with Crippen LogP contribution in [-0.4, -0.2) is 16.3 Å². The van der Waals surface area contributed by atoms with E-state index in [1.807, 2.05) is 20.8 Å². The average molecular weight is 309 g/mol. The van der Waals surface area contributed by atoms with Crippen molar-refractivity contribution in [2.24, 2.45) is 0 Å². The highest BCUT2D eigenvalue weighted by molar-refractivity contribution is 5.59. The summed E-state index contributed by atoms with van der Waals surface area (Å²) in [5, 5.41) is 7.67. The van der Waals surface area contributed by atoms with Crippen molar-refractivity contribution in [2.75, 3.05) is 11.9 Å². The number of rotatable bonds is 1. The monoisotopic (exact) mass is 309 g/mol. The molecule has 6 heteroatoms. The maximum atomic E-state index is 13.3. The van der Waals surface area contributed by atoms with Crippen LogP contribution < -0.4 is 5.32 Å². The molecule has 0 unspecified atom stereocenters. The summed E-state index contributed by atoms with van der Waals surface area (Å²) >= 11 is 0. The Bertz CT molecular complexity index is 708. The molecule has 0 aliphatic carbocycles. The molecule has 0 atom stereocenters. The summed E-state index contributed by atoms with van der Waals surface area (Å²) in [5.41, 5.74) is 1.05. The number of anilines is 1. The predicted octanol–water partition coefficient (Wildman–Crippen LogP) is 4.16. The van der Waals surface area contributed by atoms with E-state index in [1.54, 1.807) is 6.07 Å². The Morgan fingerprint density at radius 2 is 1.82 bits per heavy atom. The van der Waals surface area contributed by atoms with E-state index < -0.39 is 11.7 Å². The molecule has 1 aliphatic rings. The van der Waals surface area contributed by atoms with Crippen LogP contribution in [0.2, 0.25) is 0 Å². The maximum Gasteiger partial charge on any atom is 0.418 e. The van der Waals surface area contributed by atoms with E-state index >= 15 is 0 Å². The largest absolute Gasteiger partial charge is 0.418 e. The second-order valence-corrected chi connectivity index (χ2v) is 6.53. The third-order valence-electron chi connectivity index (χ3n) is 3.80. The lowest BCUT2D eigenvalue weighted by molar-refractivity contribution is -0.137. The van der Waals surface area contributed by atoms with Crippen LogP contribution in [0.5, 0.6) is 0 Å². The average Bonchev–Trinajstić information content (AvgIpc) is 2.97. The predicted molar refractivity (Wildman–Crippen MR) is 79.5 cm³/mol. The number of hydrogen-bond acceptors (Lipinski definition) is 2. The fourth-order valence-electron chi connectivity index (χ4n) is 2.85. The van der Waals surface area contributed by atoms with Crippen molar-refractivity contribution in [2.45, 2.75) is 38.8 Å². The third kappa shape index (κ3) is 2.36. The molecule has 1 aromatic carbocycles. The summed E-state index contributed by atoms with van der Waals surface area (Å²) in [7, 11) is 0. The van der Waals surface area contributed by atoms with Gasteiger partial charge in [-0.05, 0) is 18.6 Å². The van der Waals surface area contributed by atoms with Crippen LogP contribution in [0.1, 0.15) is 37.6 Å². The van der Waals surface area contributed by atoms with Gasteiger partial charge in [-0.3, -0.25) is 0 Å². The van der Waals surface area contributed by atoms with E-state index in [0.29, 0.717) is 5.82 Å². The molecule has 0 bridgehead atoms. The number of benzene rings is 1. The lowest BCUT2D eigenvalue weighted by atomic mass is 9.89. The molecule has 0 radical (unpaired) electrons. The number of hydrogen-bond donors (Lipinski definition) is 1. The molecular formula is C16H18F3N3. The summed E-state index contributed by atoms with van der Waals surface area (Å²) in [4.78, 5) is 0. The van der Waals surface area contributed by atoms with Gasteiger partial charge in [-0.1, -0.05) is 32.9 Å². The topological polar surface area (TPSA) is 29.9 Å². The zero-order valence-corrected chi connectivity index (χ0v) is 12.8. The van der Waals surface area contributed by atoms with Crippen LogP contribution >= 0.6 is 0 Å². The minimum Gasteiger partial charge on any atom is -0.369 e. The van der Waals surface area contributed by atoms with Gasteiger partial charge in [0.2, 0.25) is 0 Å². The molecule has 0 fully saturated rings. The number of alkyl halides is 3. The molecule has 0 saturated heterocycles. The minimum atomic E-state index is -4.41. The molecule has 1 aliphatic heterocycles. The van der Waals surface area contributed by atoms with E-state index in [1.165, 1.54) is 16.8 Å². The van der Waals surface area contributed by atoms with E-state index in [-0.39, 0.29) is 11.1 Å². The van der Waals surface area contributed by atoms with Crippen molar-refractivity contribution in [3.8, 4) is 5.69 Å². The van der Waals surface area contributed by atoms with Gasteiger partial charge >= 0.3 is 6.18 Å². The molecule has 0 spiro atoms. The normalized spacial score (nSPS) is 14.8. The second kappa shape index (κ2) is 4.76. The minimum absolute atomic E-state index is 0.0659. The van der Waals surface area contributed by atoms with Gasteiger partial charge in [0, 0.05) is 17.5 Å². The van der Waals surface area contributed by atoms with E-state index in [9.17, 15) is 13.2 Å². The molecule has 3 nitrogen and oxygen atoms in total. The van der Waals surface area contributed by atoms with E-state index in [2.05, 4.69) is 10.4 Å². The highest BCUT2D eigenvalue weighted by Crippen LogP contribution is 2.39. The van der Waals surface area contributed by atoms with Crippen molar-refractivity contribution in [1.29, 1.82) is 0 Å². The third-order valence-corrected chi connectivity index (χ3v) is 3.80. The Balaban J connectivity index is 2.24. The van der Waals surface area contributed by atoms with Crippen LogP contribution in [0.15, 0.2) is 24.3 Å². The Labute approximate surface area is 127 Å². The van der Waals surface area contributed by atoms with Crippen LogP contribution in [0, 0.1) is 0 Å². The Morgan fingerprint density at radius 1 is 1.14 bits per heavy atom. The summed E-state index contributed by atoms with van der Waals surface area (Å²) in [6.45, 7) is 6.79. The molecule has 1 aromatic heterocycles. The second-order valence-electron chi connectivity index (χ2n) is 6.53. The summed E-state index contributed by atoms with van der Waals surface area (Å²) in [6.07, 6.45) is -3.62. The Morgan fingerprint density at radius 3 is 2.45 bits per heavy atom. The van der Waals surface area contributed by atoms with Crippen molar-refractivity contribution < 1.29 is 13.2 Å². The van der Waals surface area contributed by atoms with Gasteiger partial charge in [-0.25, -0.2) is 4.68 Å². The van der Waals surface area contributed by atoms with Crippen LogP contribution in [0.3, 0.4) is 0 Å². The number of fused-ring (bicyclic) bond motifs is 1. The number of nitrogens with one attached hydrogen (secondary N) is 1. The Hall–Kier alpha value is -1.98. The number of halogens is 3. The quantitative estimate of drug-likeness (QED) is 0.857. The zero-order valence-electron chi connectivity index (χ0n) is 12.8. The van der Waals surface area contributed by atoms with Crippen LogP contribution in [0.4, 0.5) is 19.0 Å². The first-order valence-electron chi connectivity index (χ1n) is 7.22.